The maximum Gasteiger partial charge on any atom is 0.337 e. The van der Waals surface area contributed by atoms with Crippen molar-refractivity contribution in [3.8, 4) is 28.7 Å². The third-order valence-corrected chi connectivity index (χ3v) is 6.69. The predicted molar refractivity (Wildman–Crippen MR) is 144 cm³/mol. The van der Waals surface area contributed by atoms with Crippen molar-refractivity contribution in [1.29, 1.82) is 0 Å². The molecule has 1 aliphatic heterocycles. The largest absolute Gasteiger partial charge is 0.493 e. The van der Waals surface area contributed by atoms with Gasteiger partial charge in [0, 0.05) is 13.1 Å². The van der Waals surface area contributed by atoms with Gasteiger partial charge in [0.25, 0.3) is 0 Å². The van der Waals surface area contributed by atoms with E-state index in [9.17, 15) is 9.59 Å². The van der Waals surface area contributed by atoms with Gasteiger partial charge in [-0.05, 0) is 67.4 Å². The molecule has 1 aliphatic rings. The average Bonchev–Trinajstić information content (AvgIpc) is 2.97. The van der Waals surface area contributed by atoms with Crippen LogP contribution in [0.15, 0.2) is 63.8 Å². The molecule has 3 aromatic carbocycles. The molecule has 4 aromatic rings. The number of rotatable bonds is 8. The monoisotopic (exact) mass is 531 g/mol. The normalized spacial score (nSPS) is 12.9. The van der Waals surface area contributed by atoms with Crippen LogP contribution in [0.25, 0.3) is 11.0 Å². The first-order chi connectivity index (χ1) is 18.9. The van der Waals surface area contributed by atoms with Gasteiger partial charge < -0.3 is 28.1 Å². The van der Waals surface area contributed by atoms with Crippen LogP contribution in [0.4, 0.5) is 0 Å². The highest BCUT2D eigenvalue weighted by Gasteiger charge is 2.24. The van der Waals surface area contributed by atoms with Crippen molar-refractivity contribution in [2.75, 3.05) is 34.6 Å². The molecule has 0 radical (unpaired) electrons. The smallest absolute Gasteiger partial charge is 0.337 e. The van der Waals surface area contributed by atoms with E-state index in [1.165, 1.54) is 7.11 Å². The van der Waals surface area contributed by atoms with E-state index < -0.39 is 5.97 Å². The summed E-state index contributed by atoms with van der Waals surface area (Å²) in [5.41, 5.74) is 2.52. The molecule has 0 saturated heterocycles. The molecular weight excluding hydrogens is 502 g/mol. The molecule has 9 heteroatoms. The van der Waals surface area contributed by atoms with Gasteiger partial charge in [-0.15, -0.1) is 0 Å². The minimum Gasteiger partial charge on any atom is -0.493 e. The van der Waals surface area contributed by atoms with Crippen LogP contribution >= 0.6 is 0 Å². The first kappa shape index (κ1) is 26.1. The van der Waals surface area contributed by atoms with Gasteiger partial charge in [-0.3, -0.25) is 9.69 Å². The van der Waals surface area contributed by atoms with Crippen LogP contribution in [-0.2, 0) is 17.7 Å². The van der Waals surface area contributed by atoms with Crippen LogP contribution in [0, 0.1) is 6.92 Å². The van der Waals surface area contributed by atoms with E-state index in [0.717, 1.165) is 24.1 Å². The SMILES string of the molecule is COC(=O)c1ccc(Oc2c(C)oc3c4c(ccc3c2=O)OCN(CCc2ccc(OC)c(OC)c2)C4)cc1. The van der Waals surface area contributed by atoms with Crippen LogP contribution in [-0.4, -0.2) is 45.5 Å². The van der Waals surface area contributed by atoms with Gasteiger partial charge in [0.15, 0.2) is 11.5 Å². The molecule has 202 valence electrons. The first-order valence-electron chi connectivity index (χ1n) is 12.4. The number of fused-ring (bicyclic) bond motifs is 3. The Kier molecular flexibility index (Phi) is 7.42. The predicted octanol–water partition coefficient (Wildman–Crippen LogP) is 5.09. The third kappa shape index (κ3) is 5.26. The lowest BCUT2D eigenvalue weighted by Gasteiger charge is -2.29. The Hall–Kier alpha value is -4.50. The molecular formula is C30H29NO8. The number of methoxy groups -OCH3 is 3. The van der Waals surface area contributed by atoms with E-state index in [4.69, 9.17) is 28.1 Å². The summed E-state index contributed by atoms with van der Waals surface area (Å²) in [6.45, 7) is 3.42. The van der Waals surface area contributed by atoms with Crippen LogP contribution in [0.1, 0.15) is 27.2 Å². The highest BCUT2D eigenvalue weighted by atomic mass is 16.5. The van der Waals surface area contributed by atoms with Crippen molar-refractivity contribution >= 4 is 16.9 Å². The summed E-state index contributed by atoms with van der Waals surface area (Å²) in [5, 5.41) is 0.408. The highest BCUT2D eigenvalue weighted by Crippen LogP contribution is 2.34. The van der Waals surface area contributed by atoms with E-state index in [0.29, 0.717) is 58.6 Å². The topological polar surface area (TPSA) is 96.7 Å². The van der Waals surface area contributed by atoms with Gasteiger partial charge in [-0.2, -0.15) is 0 Å². The van der Waals surface area contributed by atoms with Crippen molar-refractivity contribution < 1.29 is 32.9 Å². The van der Waals surface area contributed by atoms with Gasteiger partial charge in [0.05, 0.1) is 37.8 Å². The number of nitrogens with zero attached hydrogens (tertiary/aromatic N) is 1. The maximum absolute atomic E-state index is 13.4. The molecule has 9 nitrogen and oxygen atoms in total. The second kappa shape index (κ2) is 11.1. The quantitative estimate of drug-likeness (QED) is 0.288. The number of benzene rings is 3. The zero-order valence-electron chi connectivity index (χ0n) is 22.2. The Morgan fingerprint density at radius 2 is 1.74 bits per heavy atom. The number of carbonyl (C=O) groups is 1. The number of carbonyl (C=O) groups excluding carboxylic acids is 1. The Labute approximate surface area is 225 Å². The molecule has 0 N–H and O–H groups in total. The summed E-state index contributed by atoms with van der Waals surface area (Å²) >= 11 is 0. The summed E-state index contributed by atoms with van der Waals surface area (Å²) in [5.74, 6) is 2.47. The van der Waals surface area contributed by atoms with Crippen molar-refractivity contribution in [3.05, 3.63) is 87.3 Å². The number of hydrogen-bond acceptors (Lipinski definition) is 9. The van der Waals surface area contributed by atoms with Gasteiger partial charge >= 0.3 is 5.97 Å². The molecule has 2 heterocycles. The Bertz CT molecular complexity index is 1580. The second-order valence-corrected chi connectivity index (χ2v) is 9.12. The molecule has 0 amide bonds. The van der Waals surface area contributed by atoms with Crippen LogP contribution in [0.2, 0.25) is 0 Å². The minimum absolute atomic E-state index is 0.0929. The molecule has 0 atom stereocenters. The van der Waals surface area contributed by atoms with E-state index in [-0.39, 0.29) is 11.2 Å². The van der Waals surface area contributed by atoms with Crippen LogP contribution in [0.3, 0.4) is 0 Å². The molecule has 0 spiro atoms. The molecule has 0 bridgehead atoms. The fourth-order valence-electron chi connectivity index (χ4n) is 4.58. The summed E-state index contributed by atoms with van der Waals surface area (Å²) in [6, 6.07) is 15.7. The first-order valence-corrected chi connectivity index (χ1v) is 12.4. The lowest BCUT2D eigenvalue weighted by Crippen LogP contribution is -2.33. The zero-order chi connectivity index (χ0) is 27.5. The fraction of sp³-hybridized carbons (Fsp3) is 0.267. The third-order valence-electron chi connectivity index (χ3n) is 6.69. The van der Waals surface area contributed by atoms with E-state index in [1.54, 1.807) is 57.5 Å². The van der Waals surface area contributed by atoms with Crippen molar-refractivity contribution in [2.45, 2.75) is 19.9 Å². The molecule has 39 heavy (non-hydrogen) atoms. The summed E-state index contributed by atoms with van der Waals surface area (Å²) in [7, 11) is 4.55. The molecule has 0 unspecified atom stereocenters. The zero-order valence-corrected chi connectivity index (χ0v) is 22.2. The Morgan fingerprint density at radius 3 is 2.46 bits per heavy atom. The van der Waals surface area contributed by atoms with E-state index >= 15 is 0 Å². The van der Waals surface area contributed by atoms with Crippen LogP contribution < -0.4 is 24.4 Å². The van der Waals surface area contributed by atoms with Crippen molar-refractivity contribution in [2.24, 2.45) is 0 Å². The molecule has 0 fully saturated rings. The van der Waals surface area contributed by atoms with E-state index in [2.05, 4.69) is 4.90 Å². The summed E-state index contributed by atoms with van der Waals surface area (Å²) < 4.78 is 33.5. The lowest BCUT2D eigenvalue weighted by molar-refractivity contribution is 0.0600. The fourth-order valence-corrected chi connectivity index (χ4v) is 4.58. The Balaban J connectivity index is 1.37. The number of aryl methyl sites for hydroxylation is 1. The standard InChI is InChI=1S/C30H29NO8/c1-18-28(39-21-8-6-20(7-9-21)30(33)36-4)27(32)22-10-12-24-23(29(22)38-18)16-31(17-37-24)14-13-19-5-11-25(34-2)26(15-19)35-3/h5-12,15H,13-14,16-17H2,1-4H3. The van der Waals surface area contributed by atoms with Gasteiger partial charge in [-0.25, -0.2) is 4.79 Å². The Morgan fingerprint density at radius 1 is 0.974 bits per heavy atom. The van der Waals surface area contributed by atoms with Gasteiger partial charge in [-0.1, -0.05) is 6.07 Å². The molecule has 1 aromatic heterocycles. The number of ether oxygens (including phenoxy) is 5. The molecule has 0 saturated carbocycles. The number of esters is 1. The molecule has 0 aliphatic carbocycles. The van der Waals surface area contributed by atoms with E-state index in [1.807, 2.05) is 18.2 Å². The minimum atomic E-state index is -0.451. The van der Waals surface area contributed by atoms with Crippen molar-refractivity contribution in [3.63, 3.8) is 0 Å². The summed E-state index contributed by atoms with van der Waals surface area (Å²) in [6.07, 6.45) is 0.777. The van der Waals surface area contributed by atoms with Gasteiger partial charge in [0.2, 0.25) is 11.2 Å². The lowest BCUT2D eigenvalue weighted by atomic mass is 10.1. The van der Waals surface area contributed by atoms with Gasteiger partial charge in [0.1, 0.15) is 29.6 Å². The second-order valence-electron chi connectivity index (χ2n) is 9.12. The highest BCUT2D eigenvalue weighted by molar-refractivity contribution is 5.89. The average molecular weight is 532 g/mol. The molecule has 5 rings (SSSR count). The number of hydrogen-bond donors (Lipinski definition) is 0. The van der Waals surface area contributed by atoms with Crippen LogP contribution in [0.5, 0.6) is 28.7 Å². The van der Waals surface area contributed by atoms with Crippen molar-refractivity contribution in [1.82, 2.24) is 4.90 Å². The maximum atomic E-state index is 13.4. The summed E-state index contributed by atoms with van der Waals surface area (Å²) in [4.78, 5) is 27.3.